The molecule has 0 atom stereocenters. The number of rotatable bonds is 6. The van der Waals surface area contributed by atoms with Gasteiger partial charge in [0, 0.05) is 25.5 Å². The molecule has 0 bridgehead atoms. The molecule has 0 fully saturated rings. The molecular formula is C14H20N4. The van der Waals surface area contributed by atoms with Crippen LogP contribution in [0.4, 0.5) is 5.82 Å². The topological polar surface area (TPSA) is 42.7 Å². The van der Waals surface area contributed by atoms with E-state index < -0.39 is 0 Å². The normalized spacial score (nSPS) is 10.6. The van der Waals surface area contributed by atoms with Crippen molar-refractivity contribution in [3.8, 4) is 11.5 Å². The first-order valence-electron chi connectivity index (χ1n) is 6.57. The number of imidazole rings is 1. The first kappa shape index (κ1) is 12.6. The summed E-state index contributed by atoms with van der Waals surface area (Å²) in [6.45, 7) is 6.23. The molecule has 0 aliphatic carbocycles. The van der Waals surface area contributed by atoms with Gasteiger partial charge < -0.3 is 9.88 Å². The van der Waals surface area contributed by atoms with Gasteiger partial charge in [-0.15, -0.1) is 0 Å². The van der Waals surface area contributed by atoms with Crippen molar-refractivity contribution in [2.24, 2.45) is 0 Å². The van der Waals surface area contributed by atoms with Crippen molar-refractivity contribution >= 4 is 5.82 Å². The van der Waals surface area contributed by atoms with Crippen molar-refractivity contribution in [2.45, 2.75) is 33.2 Å². The summed E-state index contributed by atoms with van der Waals surface area (Å²) in [6.07, 6.45) is 6.03. The Hall–Kier alpha value is -1.84. The fourth-order valence-corrected chi connectivity index (χ4v) is 1.87. The van der Waals surface area contributed by atoms with Crippen LogP contribution in [0.1, 0.15) is 26.7 Å². The van der Waals surface area contributed by atoms with E-state index >= 15 is 0 Å². The Morgan fingerprint density at radius 3 is 2.89 bits per heavy atom. The van der Waals surface area contributed by atoms with Gasteiger partial charge >= 0.3 is 0 Å². The van der Waals surface area contributed by atoms with Crippen molar-refractivity contribution < 1.29 is 0 Å². The van der Waals surface area contributed by atoms with Crippen LogP contribution in [0.15, 0.2) is 30.6 Å². The minimum Gasteiger partial charge on any atom is -0.370 e. The highest BCUT2D eigenvalue weighted by atomic mass is 15.1. The number of hydrogen-bond acceptors (Lipinski definition) is 3. The molecule has 96 valence electrons. The summed E-state index contributed by atoms with van der Waals surface area (Å²) in [5.74, 6) is 1.86. The Morgan fingerprint density at radius 1 is 1.22 bits per heavy atom. The van der Waals surface area contributed by atoms with E-state index in [0.717, 1.165) is 43.3 Å². The van der Waals surface area contributed by atoms with Crippen molar-refractivity contribution in [1.29, 1.82) is 0 Å². The summed E-state index contributed by atoms with van der Waals surface area (Å²) in [5.41, 5.74) is 0.926. The van der Waals surface area contributed by atoms with Gasteiger partial charge in [0.1, 0.15) is 11.5 Å². The molecule has 0 spiro atoms. The average Bonchev–Trinajstić information content (AvgIpc) is 2.85. The van der Waals surface area contributed by atoms with E-state index in [2.05, 4.69) is 33.7 Å². The molecule has 0 radical (unpaired) electrons. The van der Waals surface area contributed by atoms with Crippen molar-refractivity contribution in [3.63, 3.8) is 0 Å². The van der Waals surface area contributed by atoms with E-state index in [4.69, 9.17) is 0 Å². The summed E-state index contributed by atoms with van der Waals surface area (Å²) >= 11 is 0. The number of hydrogen-bond donors (Lipinski definition) is 1. The van der Waals surface area contributed by atoms with Gasteiger partial charge in [0.05, 0.1) is 0 Å². The average molecular weight is 244 g/mol. The third-order valence-corrected chi connectivity index (χ3v) is 2.71. The standard InChI is InChI=1S/C14H20N4/c1-3-8-15-13-7-5-6-12(17-13)14-16-9-11-18(14)10-4-2/h5-7,9,11H,3-4,8,10H2,1-2H3,(H,15,17). The minimum absolute atomic E-state index is 0.917. The van der Waals surface area contributed by atoms with Crippen LogP contribution in [0.2, 0.25) is 0 Å². The molecule has 4 heteroatoms. The van der Waals surface area contributed by atoms with Crippen molar-refractivity contribution in [2.75, 3.05) is 11.9 Å². The largest absolute Gasteiger partial charge is 0.370 e. The van der Waals surface area contributed by atoms with Gasteiger partial charge in [0.15, 0.2) is 5.82 Å². The molecule has 0 aliphatic heterocycles. The van der Waals surface area contributed by atoms with Crippen LogP contribution in [0.3, 0.4) is 0 Å². The second-order valence-electron chi connectivity index (χ2n) is 4.28. The zero-order valence-electron chi connectivity index (χ0n) is 11.1. The molecule has 0 aliphatic rings. The van der Waals surface area contributed by atoms with Gasteiger partial charge in [-0.2, -0.15) is 0 Å². The van der Waals surface area contributed by atoms with Gasteiger partial charge in [-0.05, 0) is 25.0 Å². The number of aryl methyl sites for hydroxylation is 1. The van der Waals surface area contributed by atoms with Crippen LogP contribution in [0.25, 0.3) is 11.5 Å². The monoisotopic (exact) mass is 244 g/mol. The van der Waals surface area contributed by atoms with Crippen LogP contribution >= 0.6 is 0 Å². The van der Waals surface area contributed by atoms with Gasteiger partial charge in [-0.25, -0.2) is 9.97 Å². The summed E-state index contributed by atoms with van der Waals surface area (Å²) in [7, 11) is 0. The SMILES string of the molecule is CCCNc1cccc(-c2nccn2CCC)n1. The molecule has 2 aromatic rings. The second-order valence-corrected chi connectivity index (χ2v) is 4.28. The lowest BCUT2D eigenvalue weighted by Gasteiger charge is -2.08. The molecule has 0 aromatic carbocycles. The van der Waals surface area contributed by atoms with E-state index in [1.807, 2.05) is 30.6 Å². The lowest BCUT2D eigenvalue weighted by Crippen LogP contribution is -2.04. The summed E-state index contributed by atoms with van der Waals surface area (Å²) in [5, 5.41) is 3.30. The fourth-order valence-electron chi connectivity index (χ4n) is 1.87. The molecule has 4 nitrogen and oxygen atoms in total. The van der Waals surface area contributed by atoms with Gasteiger partial charge in [0.2, 0.25) is 0 Å². The van der Waals surface area contributed by atoms with Gasteiger partial charge in [0.25, 0.3) is 0 Å². The summed E-state index contributed by atoms with van der Waals surface area (Å²) in [4.78, 5) is 9.00. The number of nitrogens with zero attached hydrogens (tertiary/aromatic N) is 3. The Balaban J connectivity index is 2.24. The van der Waals surface area contributed by atoms with E-state index in [1.165, 1.54) is 0 Å². The predicted molar refractivity (Wildman–Crippen MR) is 74.5 cm³/mol. The Bertz CT molecular complexity index is 490. The van der Waals surface area contributed by atoms with Crippen LogP contribution in [-0.4, -0.2) is 21.1 Å². The number of pyridine rings is 1. The summed E-state index contributed by atoms with van der Waals surface area (Å²) < 4.78 is 2.14. The van der Waals surface area contributed by atoms with Gasteiger partial charge in [-0.1, -0.05) is 19.9 Å². The Labute approximate surface area is 108 Å². The first-order valence-corrected chi connectivity index (χ1v) is 6.57. The molecule has 0 saturated carbocycles. The van der Waals surface area contributed by atoms with Crippen LogP contribution in [-0.2, 0) is 6.54 Å². The molecule has 2 heterocycles. The predicted octanol–water partition coefficient (Wildman–Crippen LogP) is 3.18. The highest BCUT2D eigenvalue weighted by molar-refractivity contribution is 5.53. The molecule has 2 aromatic heterocycles. The Morgan fingerprint density at radius 2 is 2.11 bits per heavy atom. The molecular weight excluding hydrogens is 224 g/mol. The quantitative estimate of drug-likeness (QED) is 0.848. The smallest absolute Gasteiger partial charge is 0.158 e. The maximum absolute atomic E-state index is 4.60. The zero-order valence-corrected chi connectivity index (χ0v) is 11.1. The first-order chi connectivity index (χ1) is 8.85. The molecule has 0 saturated heterocycles. The van der Waals surface area contributed by atoms with E-state index in [1.54, 1.807) is 0 Å². The molecule has 18 heavy (non-hydrogen) atoms. The summed E-state index contributed by atoms with van der Waals surface area (Å²) in [6, 6.07) is 6.02. The fraction of sp³-hybridized carbons (Fsp3) is 0.429. The number of anilines is 1. The van der Waals surface area contributed by atoms with Crippen LogP contribution < -0.4 is 5.32 Å². The van der Waals surface area contributed by atoms with Crippen molar-refractivity contribution in [1.82, 2.24) is 14.5 Å². The lowest BCUT2D eigenvalue weighted by molar-refractivity contribution is 0.684. The molecule has 2 rings (SSSR count). The highest BCUT2D eigenvalue weighted by Crippen LogP contribution is 2.17. The van der Waals surface area contributed by atoms with Crippen LogP contribution in [0.5, 0.6) is 0 Å². The van der Waals surface area contributed by atoms with Gasteiger partial charge in [-0.3, -0.25) is 0 Å². The highest BCUT2D eigenvalue weighted by Gasteiger charge is 2.07. The third-order valence-electron chi connectivity index (χ3n) is 2.71. The second kappa shape index (κ2) is 6.19. The van der Waals surface area contributed by atoms with Crippen LogP contribution in [0, 0.1) is 0 Å². The number of aromatic nitrogens is 3. The molecule has 0 amide bonds. The zero-order chi connectivity index (χ0) is 12.8. The molecule has 1 N–H and O–H groups in total. The number of nitrogens with one attached hydrogen (secondary N) is 1. The van der Waals surface area contributed by atoms with E-state index in [0.29, 0.717) is 0 Å². The maximum Gasteiger partial charge on any atom is 0.158 e. The third kappa shape index (κ3) is 2.88. The van der Waals surface area contributed by atoms with E-state index in [9.17, 15) is 0 Å². The Kier molecular flexibility index (Phi) is 4.34. The molecule has 0 unspecified atom stereocenters. The minimum atomic E-state index is 0.917. The van der Waals surface area contributed by atoms with E-state index in [-0.39, 0.29) is 0 Å². The maximum atomic E-state index is 4.60. The van der Waals surface area contributed by atoms with Crippen molar-refractivity contribution in [3.05, 3.63) is 30.6 Å². The lowest BCUT2D eigenvalue weighted by atomic mass is 10.3.